The number of amides is 1. The van der Waals surface area contributed by atoms with Gasteiger partial charge >= 0.3 is 0 Å². The van der Waals surface area contributed by atoms with E-state index in [9.17, 15) is 4.79 Å². The second-order valence-corrected chi connectivity index (χ2v) is 3.92. The van der Waals surface area contributed by atoms with Crippen LogP contribution in [0.4, 0.5) is 0 Å². The van der Waals surface area contributed by atoms with E-state index in [0.29, 0.717) is 19.8 Å². The summed E-state index contributed by atoms with van der Waals surface area (Å²) in [5.74, 6) is 0.411. The lowest BCUT2D eigenvalue weighted by molar-refractivity contribution is -0.119. The van der Waals surface area contributed by atoms with E-state index < -0.39 is 0 Å². The van der Waals surface area contributed by atoms with Gasteiger partial charge in [-0.3, -0.25) is 4.79 Å². The molecule has 0 aliphatic carbocycles. The Labute approximate surface area is 102 Å². The maximum Gasteiger partial charge on any atom is 0.219 e. The minimum atomic E-state index is -0.333. The second-order valence-electron chi connectivity index (χ2n) is 3.54. The van der Waals surface area contributed by atoms with Gasteiger partial charge in [0.1, 0.15) is 0 Å². The lowest BCUT2D eigenvalue weighted by Gasteiger charge is -2.04. The van der Waals surface area contributed by atoms with Gasteiger partial charge in [-0.05, 0) is 12.8 Å². The zero-order valence-electron chi connectivity index (χ0n) is 9.75. The summed E-state index contributed by atoms with van der Waals surface area (Å²) in [4.78, 5) is 10.4. The average Bonchev–Trinajstić information content (AvgIpc) is 2.25. The van der Waals surface area contributed by atoms with Gasteiger partial charge in [-0.1, -0.05) is 12.8 Å². The summed E-state index contributed by atoms with van der Waals surface area (Å²) in [5.41, 5.74) is 4.95. The van der Waals surface area contributed by atoms with E-state index in [1.807, 2.05) is 0 Å². The molecule has 0 unspecified atom stereocenters. The number of alkyl halides is 1. The highest BCUT2D eigenvalue weighted by molar-refractivity contribution is 6.17. The zero-order chi connectivity index (χ0) is 12.1. The maximum absolute atomic E-state index is 10.4. The normalized spacial score (nSPS) is 10.6. The number of primary amides is 1. The van der Waals surface area contributed by atoms with Gasteiger partial charge in [0.05, 0.1) is 19.8 Å². The van der Waals surface area contributed by atoms with Crippen LogP contribution >= 0.6 is 11.6 Å². The molecule has 4 nitrogen and oxygen atoms in total. The minimum Gasteiger partial charge on any atom is -0.379 e. The molecule has 0 saturated heterocycles. The SMILES string of the molecule is NC(=O)CCOCCOCCCCCCCl. The van der Waals surface area contributed by atoms with Gasteiger partial charge < -0.3 is 15.2 Å². The molecule has 0 spiro atoms. The van der Waals surface area contributed by atoms with Crippen molar-refractivity contribution in [2.75, 3.05) is 32.3 Å². The molecule has 0 radical (unpaired) electrons. The summed E-state index contributed by atoms with van der Waals surface area (Å²) in [6.07, 6.45) is 4.76. The number of hydrogen-bond donors (Lipinski definition) is 1. The van der Waals surface area contributed by atoms with Gasteiger partial charge in [0.2, 0.25) is 5.91 Å². The van der Waals surface area contributed by atoms with Crippen LogP contribution < -0.4 is 5.73 Å². The van der Waals surface area contributed by atoms with Gasteiger partial charge in [-0.15, -0.1) is 11.6 Å². The highest BCUT2D eigenvalue weighted by Crippen LogP contribution is 2.00. The van der Waals surface area contributed by atoms with Gasteiger partial charge in [0.15, 0.2) is 0 Å². The lowest BCUT2D eigenvalue weighted by Crippen LogP contribution is -2.14. The van der Waals surface area contributed by atoms with Crippen LogP contribution in [0.1, 0.15) is 32.1 Å². The topological polar surface area (TPSA) is 61.6 Å². The van der Waals surface area contributed by atoms with Crippen molar-refractivity contribution in [2.24, 2.45) is 5.73 Å². The minimum absolute atomic E-state index is 0.276. The fraction of sp³-hybridized carbons (Fsp3) is 0.909. The van der Waals surface area contributed by atoms with Crippen LogP contribution in [0.2, 0.25) is 0 Å². The Balaban J connectivity index is 2.90. The molecule has 0 rings (SSSR count). The third-order valence-electron chi connectivity index (χ3n) is 2.04. The summed E-state index contributed by atoms with van der Waals surface area (Å²) in [6.45, 7) is 2.25. The van der Waals surface area contributed by atoms with E-state index in [2.05, 4.69) is 0 Å². The molecule has 5 heteroatoms. The van der Waals surface area contributed by atoms with Crippen LogP contribution in [0.5, 0.6) is 0 Å². The van der Waals surface area contributed by atoms with Crippen LogP contribution in [0.15, 0.2) is 0 Å². The molecular weight excluding hydrogens is 230 g/mol. The van der Waals surface area contributed by atoms with Crippen molar-refractivity contribution in [1.29, 1.82) is 0 Å². The van der Waals surface area contributed by atoms with E-state index in [1.165, 1.54) is 6.42 Å². The van der Waals surface area contributed by atoms with E-state index >= 15 is 0 Å². The summed E-state index contributed by atoms with van der Waals surface area (Å²) in [5, 5.41) is 0. The Morgan fingerprint density at radius 2 is 1.56 bits per heavy atom. The summed E-state index contributed by atoms with van der Waals surface area (Å²) in [7, 11) is 0. The number of carbonyl (C=O) groups is 1. The van der Waals surface area contributed by atoms with Crippen LogP contribution in [-0.4, -0.2) is 38.2 Å². The smallest absolute Gasteiger partial charge is 0.219 e. The third kappa shape index (κ3) is 13.7. The molecule has 0 aromatic rings. The molecule has 0 fully saturated rings. The highest BCUT2D eigenvalue weighted by atomic mass is 35.5. The monoisotopic (exact) mass is 251 g/mol. The molecule has 0 heterocycles. The second kappa shape index (κ2) is 12.7. The molecule has 96 valence electrons. The molecule has 0 bridgehead atoms. The number of unbranched alkanes of at least 4 members (excludes halogenated alkanes) is 3. The van der Waals surface area contributed by atoms with Gasteiger partial charge in [-0.2, -0.15) is 0 Å². The number of hydrogen-bond acceptors (Lipinski definition) is 3. The molecule has 2 N–H and O–H groups in total. The Morgan fingerprint density at radius 1 is 0.938 bits per heavy atom. The molecular formula is C11H22ClNO3. The van der Waals surface area contributed by atoms with Crippen molar-refractivity contribution < 1.29 is 14.3 Å². The van der Waals surface area contributed by atoms with E-state index in [-0.39, 0.29) is 12.3 Å². The molecule has 0 aliphatic rings. The number of rotatable bonds is 12. The number of ether oxygens (including phenoxy) is 2. The third-order valence-corrected chi connectivity index (χ3v) is 2.30. The van der Waals surface area contributed by atoms with Crippen molar-refractivity contribution in [3.8, 4) is 0 Å². The van der Waals surface area contributed by atoms with Crippen LogP contribution in [0.3, 0.4) is 0 Å². The Kier molecular flexibility index (Phi) is 12.5. The average molecular weight is 252 g/mol. The fourth-order valence-electron chi connectivity index (χ4n) is 1.15. The Bertz CT molecular complexity index is 167. The highest BCUT2D eigenvalue weighted by Gasteiger charge is 1.94. The predicted molar refractivity (Wildman–Crippen MR) is 64.6 cm³/mol. The van der Waals surface area contributed by atoms with Crippen molar-refractivity contribution >= 4 is 17.5 Å². The van der Waals surface area contributed by atoms with Gasteiger partial charge in [0.25, 0.3) is 0 Å². The molecule has 0 aromatic carbocycles. The molecule has 0 atom stereocenters. The summed E-state index contributed by atoms with van der Waals surface area (Å²) in [6, 6.07) is 0. The quantitative estimate of drug-likeness (QED) is 0.424. The first-order chi connectivity index (χ1) is 7.77. The fourth-order valence-corrected chi connectivity index (χ4v) is 1.34. The number of carbonyl (C=O) groups excluding carboxylic acids is 1. The van der Waals surface area contributed by atoms with Gasteiger partial charge in [0, 0.05) is 18.9 Å². The van der Waals surface area contributed by atoms with Crippen molar-refractivity contribution in [1.82, 2.24) is 0 Å². The summed E-state index contributed by atoms with van der Waals surface area (Å²) < 4.78 is 10.5. The lowest BCUT2D eigenvalue weighted by atomic mass is 10.2. The first-order valence-electron chi connectivity index (χ1n) is 5.77. The number of nitrogens with two attached hydrogens (primary N) is 1. The maximum atomic E-state index is 10.4. The summed E-state index contributed by atoms with van der Waals surface area (Å²) >= 11 is 5.55. The molecule has 0 aliphatic heterocycles. The van der Waals surface area contributed by atoms with Crippen LogP contribution in [0.25, 0.3) is 0 Å². The van der Waals surface area contributed by atoms with Crippen molar-refractivity contribution in [3.05, 3.63) is 0 Å². The molecule has 0 aromatic heterocycles. The van der Waals surface area contributed by atoms with Crippen molar-refractivity contribution in [3.63, 3.8) is 0 Å². The first kappa shape index (κ1) is 15.7. The zero-order valence-corrected chi connectivity index (χ0v) is 10.5. The standard InChI is InChI=1S/C11H22ClNO3/c12-6-3-1-2-4-7-15-9-10-16-8-5-11(13)14/h1-10H2,(H2,13,14). The van der Waals surface area contributed by atoms with E-state index in [4.69, 9.17) is 26.8 Å². The van der Waals surface area contributed by atoms with E-state index in [1.54, 1.807) is 0 Å². The van der Waals surface area contributed by atoms with Crippen LogP contribution in [-0.2, 0) is 14.3 Å². The van der Waals surface area contributed by atoms with Crippen molar-refractivity contribution in [2.45, 2.75) is 32.1 Å². The van der Waals surface area contributed by atoms with Gasteiger partial charge in [-0.25, -0.2) is 0 Å². The molecule has 1 amide bonds. The molecule has 16 heavy (non-hydrogen) atoms. The largest absolute Gasteiger partial charge is 0.379 e. The first-order valence-corrected chi connectivity index (χ1v) is 6.30. The molecule has 0 saturated carbocycles. The Morgan fingerprint density at radius 3 is 2.19 bits per heavy atom. The predicted octanol–water partition coefficient (Wildman–Crippen LogP) is 1.69. The number of halogens is 1. The van der Waals surface area contributed by atoms with Crippen LogP contribution in [0, 0.1) is 0 Å². The Hall–Kier alpha value is -0.320. The van der Waals surface area contributed by atoms with E-state index in [0.717, 1.165) is 31.7 Å².